The average Bonchev–Trinajstić information content (AvgIpc) is 3.65. The molecule has 0 unspecified atom stereocenters. The maximum Gasteiger partial charge on any atom is 0.320 e. The van der Waals surface area contributed by atoms with Gasteiger partial charge in [0.15, 0.2) is 17.0 Å². The molecular formula is C27H28N6O3. The summed E-state index contributed by atoms with van der Waals surface area (Å²) in [5.41, 5.74) is 10.1. The quantitative estimate of drug-likeness (QED) is 0.362. The van der Waals surface area contributed by atoms with Crippen LogP contribution >= 0.6 is 0 Å². The van der Waals surface area contributed by atoms with Crippen LogP contribution in [-0.4, -0.2) is 37.3 Å². The normalized spacial score (nSPS) is 16.4. The summed E-state index contributed by atoms with van der Waals surface area (Å²) in [7, 11) is 0. The lowest BCUT2D eigenvalue weighted by Crippen LogP contribution is -2.15. The first-order valence-electron chi connectivity index (χ1n) is 12.2. The van der Waals surface area contributed by atoms with E-state index in [1.54, 1.807) is 4.57 Å². The molecule has 9 nitrogen and oxygen atoms in total. The lowest BCUT2D eigenvalue weighted by molar-refractivity contribution is 0.300. The van der Waals surface area contributed by atoms with E-state index < -0.39 is 0 Å². The zero-order valence-corrected chi connectivity index (χ0v) is 19.9. The molecule has 1 fully saturated rings. The van der Waals surface area contributed by atoms with Gasteiger partial charge in [-0.1, -0.05) is 30.4 Å². The van der Waals surface area contributed by atoms with E-state index in [9.17, 15) is 5.11 Å². The van der Waals surface area contributed by atoms with Gasteiger partial charge in [0.2, 0.25) is 0 Å². The standard InChI is InChI=1S/C27H28N6O3/c28-24-23-25-32-26(31-24)35-12-3-1-2-6-19-13-18(16-33(25)27(34)30-23)8-11-22(19)36-21-7-4-5-17(14-21)15-29-20-9-10-20/h1-2,4-5,7-8,11,13-14,20,29H,3,6,9-10,12,15-16H2,(H,30,34)(H2,28,31,32)/b2-1+. The summed E-state index contributed by atoms with van der Waals surface area (Å²) >= 11 is 0. The Morgan fingerprint density at radius 1 is 1.11 bits per heavy atom. The van der Waals surface area contributed by atoms with E-state index in [-0.39, 0.29) is 17.8 Å². The van der Waals surface area contributed by atoms with E-state index in [2.05, 4.69) is 50.6 Å². The van der Waals surface area contributed by atoms with Gasteiger partial charge in [0.05, 0.1) is 13.2 Å². The minimum absolute atomic E-state index is 0.172. The molecule has 0 radical (unpaired) electrons. The molecule has 0 amide bonds. The first kappa shape index (κ1) is 22.4. The van der Waals surface area contributed by atoms with E-state index in [0.717, 1.165) is 29.2 Å². The van der Waals surface area contributed by atoms with Crippen LogP contribution in [0, 0.1) is 0 Å². The van der Waals surface area contributed by atoms with E-state index in [0.29, 0.717) is 43.2 Å². The number of hydrogen-bond donors (Lipinski definition) is 3. The number of benzene rings is 2. The molecule has 2 aromatic heterocycles. The number of allylic oxidation sites excluding steroid dienone is 1. The van der Waals surface area contributed by atoms with Crippen molar-refractivity contribution in [2.75, 3.05) is 12.3 Å². The van der Waals surface area contributed by atoms with Crippen LogP contribution in [0.5, 0.6) is 23.5 Å². The number of aromatic nitrogens is 4. The SMILES string of the molecule is Nc1nc2nc3c1nc(O)n3Cc1ccc(Oc3cccc(CNC4CC4)c3)c(c1)C/C=C/CCO2. The van der Waals surface area contributed by atoms with Crippen molar-refractivity contribution in [3.63, 3.8) is 0 Å². The fourth-order valence-corrected chi connectivity index (χ4v) is 4.31. The van der Waals surface area contributed by atoms with Crippen LogP contribution in [0.4, 0.5) is 5.82 Å². The molecule has 3 heterocycles. The summed E-state index contributed by atoms with van der Waals surface area (Å²) < 4.78 is 13.7. The summed E-state index contributed by atoms with van der Waals surface area (Å²) in [6.45, 7) is 1.61. The fraction of sp³-hybridized carbons (Fsp3) is 0.296. The number of nitrogen functional groups attached to an aromatic ring is 1. The van der Waals surface area contributed by atoms with Crippen molar-refractivity contribution >= 4 is 17.0 Å². The number of nitrogens with zero attached hydrogens (tertiary/aromatic N) is 4. The molecule has 0 spiro atoms. The van der Waals surface area contributed by atoms with Crippen LogP contribution < -0.4 is 20.5 Å². The fourth-order valence-electron chi connectivity index (χ4n) is 4.31. The van der Waals surface area contributed by atoms with Gasteiger partial charge in [-0.2, -0.15) is 15.0 Å². The molecule has 4 N–H and O–H groups in total. The van der Waals surface area contributed by atoms with Crippen molar-refractivity contribution in [2.24, 2.45) is 0 Å². The minimum Gasteiger partial charge on any atom is -0.480 e. The van der Waals surface area contributed by atoms with Gasteiger partial charge in [0.25, 0.3) is 6.01 Å². The molecule has 36 heavy (non-hydrogen) atoms. The van der Waals surface area contributed by atoms with Gasteiger partial charge in [-0.05, 0) is 66.6 Å². The van der Waals surface area contributed by atoms with Crippen molar-refractivity contribution in [1.29, 1.82) is 0 Å². The molecule has 4 bridgehead atoms. The number of nitrogens with one attached hydrogen (secondary N) is 1. The minimum atomic E-state index is -0.173. The Labute approximate surface area is 208 Å². The van der Waals surface area contributed by atoms with E-state index >= 15 is 0 Å². The van der Waals surface area contributed by atoms with Crippen LogP contribution in [0.2, 0.25) is 0 Å². The largest absolute Gasteiger partial charge is 0.480 e. The van der Waals surface area contributed by atoms with Gasteiger partial charge in [-0.3, -0.25) is 4.57 Å². The number of fused-ring (bicyclic) bond motifs is 3. The van der Waals surface area contributed by atoms with Gasteiger partial charge < -0.3 is 25.6 Å². The second-order valence-electron chi connectivity index (χ2n) is 9.22. The average molecular weight is 485 g/mol. The number of nitrogens with two attached hydrogens (primary N) is 1. The number of aromatic hydroxyl groups is 1. The van der Waals surface area contributed by atoms with Gasteiger partial charge >= 0.3 is 6.01 Å². The molecule has 0 saturated heterocycles. The first-order chi connectivity index (χ1) is 17.6. The summed E-state index contributed by atoms with van der Waals surface area (Å²) in [5.74, 6) is 1.78. The number of hydrogen-bond acceptors (Lipinski definition) is 8. The van der Waals surface area contributed by atoms with Crippen LogP contribution in [-0.2, 0) is 19.5 Å². The highest BCUT2D eigenvalue weighted by Gasteiger charge is 2.20. The predicted molar refractivity (Wildman–Crippen MR) is 136 cm³/mol. The third-order valence-electron chi connectivity index (χ3n) is 6.37. The highest BCUT2D eigenvalue weighted by Crippen LogP contribution is 2.30. The van der Waals surface area contributed by atoms with E-state index in [1.165, 1.54) is 18.4 Å². The van der Waals surface area contributed by atoms with Gasteiger partial charge in [-0.15, -0.1) is 0 Å². The van der Waals surface area contributed by atoms with Crippen LogP contribution in [0.15, 0.2) is 54.6 Å². The van der Waals surface area contributed by atoms with E-state index in [4.69, 9.17) is 15.2 Å². The first-order valence-corrected chi connectivity index (χ1v) is 12.2. The number of rotatable bonds is 5. The molecule has 9 heteroatoms. The Morgan fingerprint density at radius 2 is 2.03 bits per heavy atom. The molecule has 1 saturated carbocycles. The molecule has 0 atom stereocenters. The predicted octanol–water partition coefficient (Wildman–Crippen LogP) is 4.09. The lowest BCUT2D eigenvalue weighted by atomic mass is 10.1. The smallest absolute Gasteiger partial charge is 0.320 e. The van der Waals surface area contributed by atoms with Crippen LogP contribution in [0.3, 0.4) is 0 Å². The molecule has 4 aromatic rings. The van der Waals surface area contributed by atoms with Crippen molar-refractivity contribution in [3.8, 4) is 23.5 Å². The van der Waals surface area contributed by atoms with Crippen LogP contribution in [0.1, 0.15) is 36.0 Å². The van der Waals surface area contributed by atoms with Gasteiger partial charge in [0, 0.05) is 12.6 Å². The summed E-state index contributed by atoms with van der Waals surface area (Å²) in [6.07, 6.45) is 8.10. The number of anilines is 1. The molecule has 2 aliphatic rings. The topological polar surface area (TPSA) is 120 Å². The summed E-state index contributed by atoms with van der Waals surface area (Å²) in [6, 6.07) is 14.9. The number of ether oxygens (including phenoxy) is 2. The Balaban J connectivity index is 1.32. The van der Waals surface area contributed by atoms with Crippen molar-refractivity contribution in [3.05, 3.63) is 71.3 Å². The second kappa shape index (κ2) is 9.50. The third-order valence-corrected chi connectivity index (χ3v) is 6.37. The Hall–Kier alpha value is -4.11. The zero-order chi connectivity index (χ0) is 24.5. The maximum atomic E-state index is 10.5. The maximum absolute atomic E-state index is 10.5. The molecule has 184 valence electrons. The highest BCUT2D eigenvalue weighted by atomic mass is 16.5. The molecule has 6 rings (SSSR count). The summed E-state index contributed by atoms with van der Waals surface area (Å²) in [5, 5.41) is 14.1. The number of imidazole rings is 1. The monoisotopic (exact) mass is 484 g/mol. The highest BCUT2D eigenvalue weighted by molar-refractivity contribution is 5.83. The zero-order valence-electron chi connectivity index (χ0n) is 19.9. The van der Waals surface area contributed by atoms with Crippen molar-refractivity contribution < 1.29 is 14.6 Å². The van der Waals surface area contributed by atoms with E-state index in [1.807, 2.05) is 24.3 Å². The van der Waals surface area contributed by atoms with Gasteiger partial charge in [-0.25, -0.2) is 0 Å². The van der Waals surface area contributed by atoms with Crippen molar-refractivity contribution in [2.45, 2.75) is 44.8 Å². The lowest BCUT2D eigenvalue weighted by Gasteiger charge is -2.14. The Kier molecular flexibility index (Phi) is 5.90. The molecule has 1 aliphatic heterocycles. The molecule has 1 aliphatic carbocycles. The third kappa shape index (κ3) is 4.83. The van der Waals surface area contributed by atoms with Crippen LogP contribution in [0.25, 0.3) is 11.2 Å². The molecular weight excluding hydrogens is 456 g/mol. The second-order valence-corrected chi connectivity index (χ2v) is 9.22. The van der Waals surface area contributed by atoms with Crippen molar-refractivity contribution in [1.82, 2.24) is 24.8 Å². The Bertz CT molecular complexity index is 1440. The Morgan fingerprint density at radius 3 is 2.92 bits per heavy atom. The molecule has 2 aromatic carbocycles. The summed E-state index contributed by atoms with van der Waals surface area (Å²) in [4.78, 5) is 12.8. The van der Waals surface area contributed by atoms with Gasteiger partial charge in [0.1, 0.15) is 11.5 Å².